The lowest BCUT2D eigenvalue weighted by molar-refractivity contribution is -0.116. The zero-order chi connectivity index (χ0) is 19.4. The molecule has 1 N–H and O–H groups in total. The Morgan fingerprint density at radius 3 is 2.67 bits per heavy atom. The molecule has 2 aromatic heterocycles. The Labute approximate surface area is 160 Å². The molecule has 0 unspecified atom stereocenters. The molecule has 1 aromatic carbocycles. The average molecular weight is 385 g/mol. The lowest BCUT2D eigenvalue weighted by Gasteiger charge is -2.05. The van der Waals surface area contributed by atoms with Crippen LogP contribution in [-0.4, -0.2) is 39.0 Å². The molecule has 3 aromatic rings. The fourth-order valence-electron chi connectivity index (χ4n) is 2.38. The van der Waals surface area contributed by atoms with E-state index in [0.717, 1.165) is 11.3 Å². The van der Waals surface area contributed by atoms with Crippen molar-refractivity contribution in [3.05, 3.63) is 47.1 Å². The van der Waals surface area contributed by atoms with Crippen molar-refractivity contribution in [1.29, 1.82) is 0 Å². The van der Waals surface area contributed by atoms with E-state index >= 15 is 0 Å². The van der Waals surface area contributed by atoms with Gasteiger partial charge in [-0.25, -0.2) is 14.5 Å². The minimum atomic E-state index is -0.602. The summed E-state index contributed by atoms with van der Waals surface area (Å²) in [6.07, 6.45) is 1.36. The number of carbonyl (C=O) groups excluding carboxylic acids is 2. The van der Waals surface area contributed by atoms with Crippen LogP contribution < -0.4 is 5.32 Å². The number of aromatic nitrogens is 4. The summed E-state index contributed by atoms with van der Waals surface area (Å²) in [6, 6.07) is 8.22. The number of nitrogens with zero attached hydrogens (tertiary/aromatic N) is 4. The molecule has 27 heavy (non-hydrogen) atoms. The van der Waals surface area contributed by atoms with Gasteiger partial charge in [-0.05, 0) is 11.5 Å². The van der Waals surface area contributed by atoms with Crippen LogP contribution in [0, 0.1) is 0 Å². The van der Waals surface area contributed by atoms with E-state index in [-0.39, 0.29) is 18.1 Å². The topological polar surface area (TPSA) is 99.0 Å². The molecule has 3 rings (SSSR count). The van der Waals surface area contributed by atoms with Gasteiger partial charge in [0.05, 0.1) is 19.0 Å². The van der Waals surface area contributed by atoms with Crippen molar-refractivity contribution >= 4 is 28.3 Å². The third kappa shape index (κ3) is 4.56. The number of amides is 1. The Morgan fingerprint density at radius 1 is 1.26 bits per heavy atom. The summed E-state index contributed by atoms with van der Waals surface area (Å²) in [5.41, 5.74) is 3.11. The van der Waals surface area contributed by atoms with E-state index in [1.54, 1.807) is 0 Å². The smallest absolute Gasteiger partial charge is 0.360 e. The predicted octanol–water partition coefficient (Wildman–Crippen LogP) is 2.95. The molecular weight excluding hydrogens is 366 g/mol. The Bertz CT molecular complexity index is 946. The number of ether oxygens (including phenoxy) is 1. The van der Waals surface area contributed by atoms with Gasteiger partial charge in [-0.1, -0.05) is 43.3 Å². The molecule has 0 aliphatic heterocycles. The maximum Gasteiger partial charge on any atom is 0.360 e. The van der Waals surface area contributed by atoms with Crippen LogP contribution in [0.3, 0.4) is 0 Å². The molecule has 1 amide bonds. The first kappa shape index (κ1) is 18.7. The summed E-state index contributed by atoms with van der Waals surface area (Å²) in [4.78, 5) is 27.9. The molecule has 0 radical (unpaired) electrons. The van der Waals surface area contributed by atoms with Crippen molar-refractivity contribution in [2.24, 2.45) is 0 Å². The zero-order valence-corrected chi connectivity index (χ0v) is 16.0. The summed E-state index contributed by atoms with van der Waals surface area (Å²) in [5.74, 6) is -0.442. The number of hydrogen-bond acceptors (Lipinski definition) is 7. The molecule has 140 valence electrons. The minimum absolute atomic E-state index is 0.0479. The third-order valence-electron chi connectivity index (χ3n) is 3.86. The Morgan fingerprint density at radius 2 is 2.00 bits per heavy atom. The van der Waals surface area contributed by atoms with Crippen LogP contribution in [0.4, 0.5) is 5.13 Å². The van der Waals surface area contributed by atoms with E-state index in [1.807, 2.05) is 17.5 Å². The van der Waals surface area contributed by atoms with E-state index in [0.29, 0.717) is 11.0 Å². The first-order valence-corrected chi connectivity index (χ1v) is 9.18. The van der Waals surface area contributed by atoms with E-state index in [2.05, 4.69) is 51.3 Å². The highest BCUT2D eigenvalue weighted by atomic mass is 32.1. The lowest BCUT2D eigenvalue weighted by atomic mass is 10.0. The molecule has 0 aliphatic rings. The van der Waals surface area contributed by atoms with Crippen molar-refractivity contribution < 1.29 is 14.3 Å². The summed E-state index contributed by atoms with van der Waals surface area (Å²) in [6.45, 7) is 4.21. The normalized spacial score (nSPS) is 10.8. The van der Waals surface area contributed by atoms with Gasteiger partial charge in [0, 0.05) is 10.9 Å². The standard InChI is InChI=1S/C18H19N5O3S/c1-11(2)12-4-6-13(7-5-12)15-10-27-18(19-15)20-16(24)9-23-8-14(21-22-23)17(25)26-3/h4-8,10-11H,9H2,1-3H3,(H,19,20,24). The van der Waals surface area contributed by atoms with E-state index in [4.69, 9.17) is 0 Å². The number of anilines is 1. The van der Waals surface area contributed by atoms with Gasteiger partial charge < -0.3 is 10.1 Å². The third-order valence-corrected chi connectivity index (χ3v) is 4.62. The number of hydrogen-bond donors (Lipinski definition) is 1. The van der Waals surface area contributed by atoms with Gasteiger partial charge in [0.15, 0.2) is 10.8 Å². The monoisotopic (exact) mass is 385 g/mol. The van der Waals surface area contributed by atoms with Crippen LogP contribution in [0.5, 0.6) is 0 Å². The molecule has 8 nitrogen and oxygen atoms in total. The lowest BCUT2D eigenvalue weighted by Crippen LogP contribution is -2.19. The number of carbonyl (C=O) groups is 2. The van der Waals surface area contributed by atoms with Crippen molar-refractivity contribution in [3.63, 3.8) is 0 Å². The second-order valence-electron chi connectivity index (χ2n) is 6.16. The number of thiazole rings is 1. The number of esters is 1. The van der Waals surface area contributed by atoms with Gasteiger partial charge in [0.25, 0.3) is 0 Å². The van der Waals surface area contributed by atoms with Crippen molar-refractivity contribution in [3.8, 4) is 11.3 Å². The maximum atomic E-state index is 12.1. The van der Waals surface area contributed by atoms with E-state index in [9.17, 15) is 9.59 Å². The zero-order valence-electron chi connectivity index (χ0n) is 15.2. The fourth-order valence-corrected chi connectivity index (χ4v) is 3.12. The first-order chi connectivity index (χ1) is 13.0. The Balaban J connectivity index is 1.62. The highest BCUT2D eigenvalue weighted by molar-refractivity contribution is 7.14. The molecule has 0 aliphatic carbocycles. The van der Waals surface area contributed by atoms with Gasteiger partial charge in [0.2, 0.25) is 5.91 Å². The maximum absolute atomic E-state index is 12.1. The molecule has 0 saturated carbocycles. The van der Waals surface area contributed by atoms with Gasteiger partial charge >= 0.3 is 5.97 Å². The van der Waals surface area contributed by atoms with Crippen molar-refractivity contribution in [2.45, 2.75) is 26.3 Å². The summed E-state index contributed by atoms with van der Waals surface area (Å²) in [5, 5.41) is 12.5. The molecule has 9 heteroatoms. The van der Waals surface area contributed by atoms with Crippen LogP contribution in [0.1, 0.15) is 35.8 Å². The van der Waals surface area contributed by atoms with Gasteiger partial charge in [0.1, 0.15) is 6.54 Å². The molecule has 0 bridgehead atoms. The highest BCUT2D eigenvalue weighted by Gasteiger charge is 2.13. The van der Waals surface area contributed by atoms with Crippen LogP contribution in [-0.2, 0) is 16.1 Å². The molecule has 0 saturated heterocycles. The van der Waals surface area contributed by atoms with Crippen LogP contribution >= 0.6 is 11.3 Å². The molecule has 0 spiro atoms. The number of nitrogens with one attached hydrogen (secondary N) is 1. The van der Waals surface area contributed by atoms with Crippen LogP contribution in [0.25, 0.3) is 11.3 Å². The second-order valence-corrected chi connectivity index (χ2v) is 7.01. The van der Waals surface area contributed by atoms with Gasteiger partial charge in [-0.3, -0.25) is 4.79 Å². The molecule has 0 fully saturated rings. The van der Waals surface area contributed by atoms with Gasteiger partial charge in [-0.2, -0.15) is 0 Å². The van der Waals surface area contributed by atoms with Gasteiger partial charge in [-0.15, -0.1) is 16.4 Å². The summed E-state index contributed by atoms with van der Waals surface area (Å²) < 4.78 is 5.82. The second kappa shape index (κ2) is 8.09. The van der Waals surface area contributed by atoms with Crippen LogP contribution in [0.15, 0.2) is 35.8 Å². The van der Waals surface area contributed by atoms with Crippen LogP contribution in [0.2, 0.25) is 0 Å². The van der Waals surface area contributed by atoms with E-state index in [1.165, 1.54) is 34.9 Å². The highest BCUT2D eigenvalue weighted by Crippen LogP contribution is 2.26. The summed E-state index contributed by atoms with van der Waals surface area (Å²) in [7, 11) is 1.25. The SMILES string of the molecule is COC(=O)c1cn(CC(=O)Nc2nc(-c3ccc(C(C)C)cc3)cs2)nn1. The quantitative estimate of drug-likeness (QED) is 0.655. The van der Waals surface area contributed by atoms with E-state index < -0.39 is 5.97 Å². The fraction of sp³-hybridized carbons (Fsp3) is 0.278. The molecule has 2 heterocycles. The number of methoxy groups -OCH3 is 1. The number of benzene rings is 1. The first-order valence-electron chi connectivity index (χ1n) is 8.30. The molecular formula is C18H19N5O3S. The molecule has 0 atom stereocenters. The minimum Gasteiger partial charge on any atom is -0.464 e. The number of rotatable bonds is 6. The Kier molecular flexibility index (Phi) is 5.60. The Hall–Kier alpha value is -3.07. The summed E-state index contributed by atoms with van der Waals surface area (Å²) >= 11 is 1.35. The van der Waals surface area contributed by atoms with Crippen molar-refractivity contribution in [1.82, 2.24) is 20.0 Å². The average Bonchev–Trinajstić information content (AvgIpc) is 3.31. The predicted molar refractivity (Wildman–Crippen MR) is 102 cm³/mol. The largest absolute Gasteiger partial charge is 0.464 e. The van der Waals surface area contributed by atoms with Crippen molar-refractivity contribution in [2.75, 3.05) is 12.4 Å².